The van der Waals surface area contributed by atoms with E-state index in [0.717, 1.165) is 0 Å². The van der Waals surface area contributed by atoms with E-state index in [2.05, 4.69) is 204 Å². The van der Waals surface area contributed by atoms with Gasteiger partial charge < -0.3 is 4.90 Å². The largest absolute Gasteiger partial charge is 0.310 e. The first-order chi connectivity index (χ1) is 35.9. The normalized spacial score (nSPS) is 18.1. The van der Waals surface area contributed by atoms with Crippen molar-refractivity contribution in [1.29, 1.82) is 0 Å². The average molecular weight is 976 g/mol. The third kappa shape index (κ3) is 10.2. The summed E-state index contributed by atoms with van der Waals surface area (Å²) in [4.78, 5) is 2.55. The van der Waals surface area contributed by atoms with Gasteiger partial charge in [0.05, 0.1) is 5.41 Å². The number of fused-ring (bicyclic) bond motifs is 3. The van der Waals surface area contributed by atoms with Crippen LogP contribution < -0.4 is 4.90 Å². The summed E-state index contributed by atoms with van der Waals surface area (Å²) in [5, 5.41) is 0. The molecule has 3 saturated carbocycles. The zero-order valence-corrected chi connectivity index (χ0v) is 46.1. The molecule has 0 saturated heterocycles. The number of benzene rings is 7. The van der Waals surface area contributed by atoms with Gasteiger partial charge in [-0.1, -0.05) is 246 Å². The summed E-state index contributed by atoms with van der Waals surface area (Å²) in [5.41, 5.74) is 21.3. The number of rotatable bonds is 9. The summed E-state index contributed by atoms with van der Waals surface area (Å²) in [6, 6.07) is 63.3. The lowest BCUT2D eigenvalue weighted by Gasteiger charge is -2.36. The molecule has 0 bridgehead atoms. The Hall–Kier alpha value is -5.66. The number of nitrogens with zero attached hydrogens (tertiary/aromatic N) is 1. The highest BCUT2D eigenvalue weighted by Gasteiger charge is 2.46. The van der Waals surface area contributed by atoms with Crippen molar-refractivity contribution >= 4 is 17.1 Å². The Morgan fingerprint density at radius 3 is 1.23 bits per heavy atom. The van der Waals surface area contributed by atoms with Gasteiger partial charge in [0.25, 0.3) is 0 Å². The Kier molecular flexibility index (Phi) is 14.7. The summed E-state index contributed by atoms with van der Waals surface area (Å²) in [6.45, 7) is 13.9. The molecule has 382 valence electrons. The van der Waals surface area contributed by atoms with Gasteiger partial charge in [0.1, 0.15) is 0 Å². The van der Waals surface area contributed by atoms with E-state index in [-0.39, 0.29) is 10.8 Å². The van der Waals surface area contributed by atoms with Crippen molar-refractivity contribution in [3.05, 3.63) is 208 Å². The van der Waals surface area contributed by atoms with Gasteiger partial charge in [0.15, 0.2) is 0 Å². The highest BCUT2D eigenvalue weighted by Crippen LogP contribution is 2.58. The lowest BCUT2D eigenvalue weighted by molar-refractivity contribution is 0.443. The standard InChI is InChI=1S/C73H85N/c1-71(2,3)60-34-38-62(39-35-60)73(63-40-36-61(37-41-63)72(4,5)6)69-29-21-20-28-67(69)68-47-46-66(51-70(68)73)74(64-42-30-55(31-43-64)52-22-18-13-19-23-52)65-44-32-56(33-45-65)59-49-57(53-24-14-9-7-10-15-25-53)48-58(50-59)54-26-16-11-8-12-17-27-54/h20-21,28-54H,7-19,22-27H2,1-6H3. The van der Waals surface area contributed by atoms with Gasteiger partial charge in [-0.3, -0.25) is 0 Å². The third-order valence-electron chi connectivity index (χ3n) is 18.5. The van der Waals surface area contributed by atoms with Crippen LogP contribution in [-0.2, 0) is 16.2 Å². The first kappa shape index (κ1) is 50.5. The second-order valence-electron chi connectivity index (χ2n) is 25.5. The van der Waals surface area contributed by atoms with Crippen LogP contribution in [0, 0.1) is 0 Å². The van der Waals surface area contributed by atoms with Crippen LogP contribution in [0.25, 0.3) is 22.3 Å². The van der Waals surface area contributed by atoms with Crippen LogP contribution in [0.4, 0.5) is 17.1 Å². The molecule has 3 fully saturated rings. The Balaban J connectivity index is 1.06. The molecule has 74 heavy (non-hydrogen) atoms. The molecule has 11 rings (SSSR count). The summed E-state index contributed by atoms with van der Waals surface area (Å²) in [7, 11) is 0. The van der Waals surface area contributed by atoms with Gasteiger partial charge in [0, 0.05) is 17.1 Å². The molecule has 0 aliphatic heterocycles. The molecule has 0 unspecified atom stereocenters. The molecule has 0 aromatic heterocycles. The zero-order valence-electron chi connectivity index (χ0n) is 46.1. The van der Waals surface area contributed by atoms with Gasteiger partial charge in [-0.05, 0) is 176 Å². The molecule has 0 atom stereocenters. The molecule has 0 amide bonds. The van der Waals surface area contributed by atoms with Crippen LogP contribution in [0.5, 0.6) is 0 Å². The van der Waals surface area contributed by atoms with Crippen LogP contribution in [-0.4, -0.2) is 0 Å². The van der Waals surface area contributed by atoms with E-state index >= 15 is 0 Å². The van der Waals surface area contributed by atoms with Crippen LogP contribution in [0.1, 0.15) is 231 Å². The van der Waals surface area contributed by atoms with Gasteiger partial charge in [0.2, 0.25) is 0 Å². The maximum absolute atomic E-state index is 2.68. The molecule has 1 heteroatoms. The lowest BCUT2D eigenvalue weighted by atomic mass is 9.67. The molecular formula is C73H85N. The van der Waals surface area contributed by atoms with Gasteiger partial charge >= 0.3 is 0 Å². The van der Waals surface area contributed by atoms with Crippen molar-refractivity contribution in [2.75, 3.05) is 4.90 Å². The monoisotopic (exact) mass is 976 g/mol. The second-order valence-corrected chi connectivity index (χ2v) is 25.5. The molecule has 7 aromatic carbocycles. The minimum atomic E-state index is -0.523. The van der Waals surface area contributed by atoms with E-state index in [4.69, 9.17) is 0 Å². The van der Waals surface area contributed by atoms with Crippen LogP contribution in [0.2, 0.25) is 0 Å². The Bertz CT molecular complexity index is 2870. The fourth-order valence-corrected chi connectivity index (χ4v) is 14.1. The quantitative estimate of drug-likeness (QED) is 0.139. The molecule has 7 aromatic rings. The molecule has 0 spiro atoms. The van der Waals surface area contributed by atoms with Gasteiger partial charge in [-0.15, -0.1) is 0 Å². The highest BCUT2D eigenvalue weighted by atomic mass is 15.1. The van der Waals surface area contributed by atoms with E-state index in [0.29, 0.717) is 17.8 Å². The molecule has 4 aliphatic rings. The summed E-state index contributed by atoms with van der Waals surface area (Å²) < 4.78 is 0. The van der Waals surface area contributed by atoms with Crippen LogP contribution in [0.3, 0.4) is 0 Å². The number of anilines is 3. The Morgan fingerprint density at radius 1 is 0.338 bits per heavy atom. The third-order valence-corrected chi connectivity index (χ3v) is 18.5. The van der Waals surface area contributed by atoms with E-state index in [9.17, 15) is 0 Å². The SMILES string of the molecule is CC(C)(C)c1ccc(C2(c3ccc(C(C)(C)C)cc3)c3ccccc3-c3ccc(N(c4ccc(-c5cc(C6CCCCCCC6)cc(C6CCCCCCC6)c5)cc4)c4ccc(C5CCCCC5)cc4)cc32)cc1. The minimum absolute atomic E-state index is 0.0506. The summed E-state index contributed by atoms with van der Waals surface area (Å²) >= 11 is 0. The second kappa shape index (κ2) is 21.5. The lowest BCUT2D eigenvalue weighted by Crippen LogP contribution is -2.29. The van der Waals surface area contributed by atoms with Crippen molar-refractivity contribution in [2.45, 2.75) is 198 Å². The first-order valence-corrected chi connectivity index (χ1v) is 29.6. The smallest absolute Gasteiger partial charge is 0.0714 e. The highest BCUT2D eigenvalue weighted by molar-refractivity contribution is 5.90. The molecule has 0 heterocycles. The van der Waals surface area contributed by atoms with Crippen molar-refractivity contribution < 1.29 is 0 Å². The van der Waals surface area contributed by atoms with E-state index in [1.807, 2.05) is 0 Å². The van der Waals surface area contributed by atoms with Crippen LogP contribution in [0.15, 0.2) is 158 Å². The predicted molar refractivity (Wildman–Crippen MR) is 317 cm³/mol. The average Bonchev–Trinajstić information content (AvgIpc) is 3.72. The van der Waals surface area contributed by atoms with Crippen molar-refractivity contribution in [1.82, 2.24) is 0 Å². The summed E-state index contributed by atoms with van der Waals surface area (Å²) in [5.74, 6) is 1.99. The zero-order chi connectivity index (χ0) is 50.9. The fraction of sp³-hybridized carbons (Fsp3) is 0.425. The fourth-order valence-electron chi connectivity index (χ4n) is 14.1. The number of hydrogen-bond donors (Lipinski definition) is 0. The van der Waals surface area contributed by atoms with E-state index in [1.54, 1.807) is 11.1 Å². The molecule has 1 nitrogen and oxygen atoms in total. The molecular weight excluding hydrogens is 891 g/mol. The maximum Gasteiger partial charge on any atom is 0.0714 e. The Morgan fingerprint density at radius 2 is 0.743 bits per heavy atom. The van der Waals surface area contributed by atoms with Crippen molar-refractivity contribution in [3.8, 4) is 22.3 Å². The van der Waals surface area contributed by atoms with E-state index < -0.39 is 5.41 Å². The van der Waals surface area contributed by atoms with Crippen molar-refractivity contribution in [3.63, 3.8) is 0 Å². The predicted octanol–water partition coefficient (Wildman–Crippen LogP) is 21.5. The molecule has 4 aliphatic carbocycles. The number of hydrogen-bond acceptors (Lipinski definition) is 1. The van der Waals surface area contributed by atoms with Gasteiger partial charge in [-0.25, -0.2) is 0 Å². The first-order valence-electron chi connectivity index (χ1n) is 29.6. The maximum atomic E-state index is 2.68. The van der Waals surface area contributed by atoms with Crippen molar-refractivity contribution in [2.24, 2.45) is 0 Å². The van der Waals surface area contributed by atoms with Crippen LogP contribution >= 0.6 is 0 Å². The summed E-state index contributed by atoms with van der Waals surface area (Å²) in [6.07, 6.45) is 25.8. The molecule has 0 radical (unpaired) electrons. The van der Waals surface area contributed by atoms with Gasteiger partial charge in [-0.2, -0.15) is 0 Å². The minimum Gasteiger partial charge on any atom is -0.310 e. The van der Waals surface area contributed by atoms with E-state index in [1.165, 1.54) is 200 Å². The topological polar surface area (TPSA) is 3.24 Å². The molecule has 0 N–H and O–H groups in total. The Labute approximate surface area is 447 Å².